The molecule has 0 N–H and O–H groups in total. The number of alkyl halides is 3. The molecule has 0 radical (unpaired) electrons. The third-order valence-electron chi connectivity index (χ3n) is 5.67. The predicted octanol–water partition coefficient (Wildman–Crippen LogP) is 4.97. The maximum Gasteiger partial charge on any atom is 0.450 e. The summed E-state index contributed by atoms with van der Waals surface area (Å²) in [6, 6.07) is 11.2. The van der Waals surface area contributed by atoms with E-state index >= 15 is 0 Å². The van der Waals surface area contributed by atoms with Crippen molar-refractivity contribution in [2.45, 2.75) is 37.0 Å². The first-order chi connectivity index (χ1) is 15.4. The van der Waals surface area contributed by atoms with Crippen molar-refractivity contribution in [2.24, 2.45) is 0 Å². The Morgan fingerprint density at radius 2 is 1.76 bits per heavy atom. The van der Waals surface area contributed by atoms with Crippen molar-refractivity contribution in [3.8, 4) is 0 Å². The summed E-state index contributed by atoms with van der Waals surface area (Å²) in [6.45, 7) is 4.93. The summed E-state index contributed by atoms with van der Waals surface area (Å²) < 4.78 is 49.5. The van der Waals surface area contributed by atoms with Gasteiger partial charge in [0.25, 0.3) is 5.91 Å². The van der Waals surface area contributed by atoms with Crippen LogP contribution in [0.4, 0.5) is 18.9 Å². The van der Waals surface area contributed by atoms with E-state index in [1.54, 1.807) is 11.0 Å². The first-order valence-electron chi connectivity index (χ1n) is 10.0. The van der Waals surface area contributed by atoms with Crippen LogP contribution in [0.3, 0.4) is 0 Å². The Kier molecular flexibility index (Phi) is 7.76. The highest BCUT2D eigenvalue weighted by Crippen LogP contribution is 2.29. The number of halogens is 5. The molecule has 1 saturated heterocycles. The molecule has 1 aliphatic rings. The molecule has 1 amide bonds. The summed E-state index contributed by atoms with van der Waals surface area (Å²) in [7, 11) is -2.28. The van der Waals surface area contributed by atoms with Gasteiger partial charge in [-0.3, -0.25) is 13.8 Å². The number of anilines is 1. The molecule has 0 aromatic heterocycles. The van der Waals surface area contributed by atoms with E-state index in [0.717, 1.165) is 5.69 Å². The van der Waals surface area contributed by atoms with Crippen molar-refractivity contribution < 1.29 is 27.0 Å². The number of Topliss-reactive ketones (excluding diaryl/α,β-unsaturated/α-hetero) is 1. The quantitative estimate of drug-likeness (QED) is 0.558. The van der Waals surface area contributed by atoms with Gasteiger partial charge in [-0.05, 0) is 50.2 Å². The highest BCUT2D eigenvalue weighted by atomic mass is 35.5. The zero-order valence-electron chi connectivity index (χ0n) is 17.7. The summed E-state index contributed by atoms with van der Waals surface area (Å²) >= 11 is 12.2. The molecule has 3 atom stereocenters. The Bertz CT molecular complexity index is 1100. The summed E-state index contributed by atoms with van der Waals surface area (Å²) in [5.41, 5.74) is 1.18. The first kappa shape index (κ1) is 25.5. The lowest BCUT2D eigenvalue weighted by molar-refractivity contribution is -0.168. The molecule has 178 valence electrons. The van der Waals surface area contributed by atoms with Gasteiger partial charge < -0.3 is 9.80 Å². The zero-order valence-corrected chi connectivity index (χ0v) is 20.1. The normalized spacial score (nSPS) is 20.0. The fraction of sp³-hybridized carbons (Fsp3) is 0.364. The van der Waals surface area contributed by atoms with Gasteiger partial charge in [-0.25, -0.2) is 0 Å². The minimum Gasteiger partial charge on any atom is -0.365 e. The first-order valence-corrected chi connectivity index (χ1v) is 12.1. The Balaban J connectivity index is 1.74. The molecule has 0 spiro atoms. The van der Waals surface area contributed by atoms with E-state index in [-0.39, 0.29) is 33.5 Å². The summed E-state index contributed by atoms with van der Waals surface area (Å²) in [6.07, 6.45) is -5.07. The second kappa shape index (κ2) is 10.0. The van der Waals surface area contributed by atoms with Gasteiger partial charge in [0.1, 0.15) is 0 Å². The van der Waals surface area contributed by atoms with Crippen molar-refractivity contribution in [3.63, 3.8) is 0 Å². The predicted molar refractivity (Wildman–Crippen MR) is 123 cm³/mol. The number of carbonyl (C=O) groups excluding carboxylic acids is 2. The molecule has 1 heterocycles. The fourth-order valence-electron chi connectivity index (χ4n) is 3.71. The second-order valence-electron chi connectivity index (χ2n) is 7.71. The second-order valence-corrected chi connectivity index (χ2v) is 9.97. The number of nitrogens with zero attached hydrogens (tertiary/aromatic N) is 2. The molecule has 2 aromatic carbocycles. The molecule has 0 bridgehead atoms. The molecule has 11 heteroatoms. The highest BCUT2D eigenvalue weighted by molar-refractivity contribution is 7.86. The Morgan fingerprint density at radius 1 is 1.06 bits per heavy atom. The van der Waals surface area contributed by atoms with Crippen molar-refractivity contribution in [3.05, 3.63) is 58.1 Å². The minimum atomic E-state index is -5.07. The van der Waals surface area contributed by atoms with Crippen LogP contribution in [0.2, 0.25) is 10.0 Å². The molecule has 33 heavy (non-hydrogen) atoms. The van der Waals surface area contributed by atoms with Gasteiger partial charge in [0.2, 0.25) is 5.78 Å². The number of carbonyl (C=O) groups is 2. The number of benzene rings is 2. The lowest BCUT2D eigenvalue weighted by Gasteiger charge is -2.46. The van der Waals surface area contributed by atoms with Crippen LogP contribution in [0, 0.1) is 0 Å². The molecule has 2 aromatic rings. The number of hydrogen-bond acceptors (Lipinski definition) is 4. The topological polar surface area (TPSA) is 57.7 Å². The van der Waals surface area contributed by atoms with Crippen LogP contribution >= 0.6 is 23.2 Å². The van der Waals surface area contributed by atoms with E-state index in [0.29, 0.717) is 18.1 Å². The van der Waals surface area contributed by atoms with E-state index < -0.39 is 28.5 Å². The molecule has 5 nitrogen and oxygen atoms in total. The summed E-state index contributed by atoms with van der Waals surface area (Å²) in [5.74, 6) is -3.63. The van der Waals surface area contributed by atoms with Crippen LogP contribution in [0.15, 0.2) is 47.4 Å². The molecule has 3 rings (SSSR count). The minimum absolute atomic E-state index is 0.0169. The number of rotatable bonds is 5. The van der Waals surface area contributed by atoms with Crippen LogP contribution in [-0.4, -0.2) is 57.9 Å². The Hall–Kier alpha value is -2.10. The molecule has 0 saturated carbocycles. The van der Waals surface area contributed by atoms with Gasteiger partial charge in [-0.2, -0.15) is 13.2 Å². The van der Waals surface area contributed by atoms with Gasteiger partial charge in [0, 0.05) is 41.4 Å². The van der Waals surface area contributed by atoms with Crippen LogP contribution in [-0.2, 0) is 15.6 Å². The van der Waals surface area contributed by atoms with Crippen molar-refractivity contribution >= 4 is 51.4 Å². The van der Waals surface area contributed by atoms with Crippen molar-refractivity contribution in [1.82, 2.24) is 4.90 Å². The van der Waals surface area contributed by atoms with E-state index in [1.165, 1.54) is 18.2 Å². The lowest BCUT2D eigenvalue weighted by atomic mass is 10.0. The number of amides is 1. The van der Waals surface area contributed by atoms with Gasteiger partial charge in [-0.1, -0.05) is 29.3 Å². The third-order valence-corrected chi connectivity index (χ3v) is 7.70. The van der Waals surface area contributed by atoms with Crippen LogP contribution < -0.4 is 4.90 Å². The number of piperazine rings is 1. The van der Waals surface area contributed by atoms with Crippen LogP contribution in [0.1, 0.15) is 24.2 Å². The maximum absolute atomic E-state index is 13.1. The summed E-state index contributed by atoms with van der Waals surface area (Å²) in [5, 5.41) is 0.488. The van der Waals surface area contributed by atoms with E-state index in [4.69, 9.17) is 23.2 Å². The highest BCUT2D eigenvalue weighted by Gasteiger charge is 2.39. The lowest BCUT2D eigenvalue weighted by Crippen LogP contribution is -2.59. The van der Waals surface area contributed by atoms with Gasteiger partial charge in [0.15, 0.2) is 0 Å². The van der Waals surface area contributed by atoms with Crippen LogP contribution in [0.25, 0.3) is 0 Å². The van der Waals surface area contributed by atoms with E-state index in [1.807, 2.05) is 32.0 Å². The van der Waals surface area contributed by atoms with Gasteiger partial charge in [0.05, 0.1) is 26.5 Å². The SMILES string of the molecule is CC1[C@H](C)N(C(=O)c2ccc(S(=O)CC(=O)C(F)(F)F)c(Cl)c2)CCN1c1cccc(Cl)c1. The Morgan fingerprint density at radius 3 is 2.36 bits per heavy atom. The van der Waals surface area contributed by atoms with Crippen LogP contribution in [0.5, 0.6) is 0 Å². The van der Waals surface area contributed by atoms with Crippen molar-refractivity contribution in [2.75, 3.05) is 23.7 Å². The molecule has 2 unspecified atom stereocenters. The third kappa shape index (κ3) is 5.70. The van der Waals surface area contributed by atoms with E-state index in [9.17, 15) is 27.0 Å². The summed E-state index contributed by atoms with van der Waals surface area (Å²) in [4.78, 5) is 28.0. The fourth-order valence-corrected chi connectivity index (χ4v) is 5.39. The average molecular weight is 521 g/mol. The van der Waals surface area contributed by atoms with Gasteiger partial charge >= 0.3 is 6.18 Å². The molecular formula is C22H21Cl2F3N2O3S. The largest absolute Gasteiger partial charge is 0.450 e. The maximum atomic E-state index is 13.1. The monoisotopic (exact) mass is 520 g/mol. The Labute approximate surface area is 201 Å². The molecule has 1 aliphatic heterocycles. The zero-order chi connectivity index (χ0) is 24.5. The number of ketones is 1. The van der Waals surface area contributed by atoms with E-state index in [2.05, 4.69) is 4.90 Å². The molecular weight excluding hydrogens is 500 g/mol. The average Bonchev–Trinajstić information content (AvgIpc) is 2.74. The smallest absolute Gasteiger partial charge is 0.365 e. The number of hydrogen-bond donors (Lipinski definition) is 0. The molecule has 1 fully saturated rings. The van der Waals surface area contributed by atoms with Crippen molar-refractivity contribution in [1.29, 1.82) is 0 Å². The standard InChI is InChI=1S/C22H21Cl2F3N2O3S/c1-13-14(2)29(9-8-28(13)17-5-3-4-16(23)11-17)21(31)15-6-7-19(18(24)10-15)33(32)12-20(30)22(25,26)27/h3-7,10-11,13-14H,8-9,12H2,1-2H3/t13?,14-,33?/m0/s1. The molecule has 0 aliphatic carbocycles. The van der Waals surface area contributed by atoms with Gasteiger partial charge in [-0.15, -0.1) is 0 Å².